The van der Waals surface area contributed by atoms with Crippen molar-refractivity contribution in [2.75, 3.05) is 26.2 Å². The summed E-state index contributed by atoms with van der Waals surface area (Å²) in [7, 11) is 0. The second-order valence-electron chi connectivity index (χ2n) is 6.14. The second kappa shape index (κ2) is 6.09. The Morgan fingerprint density at radius 2 is 2.04 bits per heavy atom. The van der Waals surface area contributed by atoms with Crippen molar-refractivity contribution in [3.8, 4) is 0 Å². The number of nitrogens with zero attached hydrogens (tertiary/aromatic N) is 3. The summed E-state index contributed by atoms with van der Waals surface area (Å²) in [5.74, 6) is -0.466. The quantitative estimate of drug-likeness (QED) is 0.741. The van der Waals surface area contributed by atoms with E-state index in [-0.39, 0.29) is 11.7 Å². The van der Waals surface area contributed by atoms with Crippen LogP contribution in [0.15, 0.2) is 34.2 Å². The number of rotatable bonds is 1. The van der Waals surface area contributed by atoms with Gasteiger partial charge in [-0.05, 0) is 54.9 Å². The largest absolute Gasteiger partial charge is 0.348 e. The van der Waals surface area contributed by atoms with E-state index in [1.165, 1.54) is 43.3 Å². The molecule has 120 valence electrons. The summed E-state index contributed by atoms with van der Waals surface area (Å²) in [6, 6.07) is 6.75. The molecule has 3 aliphatic rings. The lowest BCUT2D eigenvalue weighted by atomic mass is 10.2. The molecule has 3 aliphatic heterocycles. The maximum atomic E-state index is 13.0. The molecule has 0 unspecified atom stereocenters. The van der Waals surface area contributed by atoms with E-state index in [1.54, 1.807) is 18.2 Å². The molecule has 4 rings (SSSR count). The molecule has 0 aliphatic carbocycles. The molecular formula is C17H18FN3OS. The minimum Gasteiger partial charge on any atom is -0.348 e. The van der Waals surface area contributed by atoms with Gasteiger partial charge in [-0.25, -0.2) is 4.39 Å². The van der Waals surface area contributed by atoms with E-state index in [0.717, 1.165) is 30.4 Å². The summed E-state index contributed by atoms with van der Waals surface area (Å²) in [6.45, 7) is 4.14. The zero-order valence-corrected chi connectivity index (χ0v) is 13.6. The van der Waals surface area contributed by atoms with Crippen molar-refractivity contribution in [2.45, 2.75) is 18.9 Å². The minimum absolute atomic E-state index is 0.192. The van der Waals surface area contributed by atoms with Crippen LogP contribution in [0.3, 0.4) is 0 Å². The van der Waals surface area contributed by atoms with Gasteiger partial charge >= 0.3 is 0 Å². The van der Waals surface area contributed by atoms with Gasteiger partial charge < -0.3 is 4.90 Å². The lowest BCUT2D eigenvalue weighted by Crippen LogP contribution is -2.51. The molecule has 4 nitrogen and oxygen atoms in total. The Balaban J connectivity index is 1.47. The third kappa shape index (κ3) is 3.05. The van der Waals surface area contributed by atoms with Gasteiger partial charge in [-0.2, -0.15) is 4.99 Å². The molecular weight excluding hydrogens is 313 g/mol. The van der Waals surface area contributed by atoms with Gasteiger partial charge in [0.05, 0.1) is 4.91 Å². The van der Waals surface area contributed by atoms with Crippen molar-refractivity contribution in [1.29, 1.82) is 0 Å². The highest BCUT2D eigenvalue weighted by molar-refractivity contribution is 8.18. The average molecular weight is 331 g/mol. The van der Waals surface area contributed by atoms with Crippen molar-refractivity contribution in [1.82, 2.24) is 9.80 Å². The Labute approximate surface area is 139 Å². The fourth-order valence-electron chi connectivity index (χ4n) is 3.41. The van der Waals surface area contributed by atoms with Crippen LogP contribution in [0.2, 0.25) is 0 Å². The first-order valence-corrected chi connectivity index (χ1v) is 8.78. The Morgan fingerprint density at radius 3 is 2.87 bits per heavy atom. The van der Waals surface area contributed by atoms with Crippen molar-refractivity contribution >= 4 is 28.9 Å². The number of carbonyl (C=O) groups excluding carboxylic acids is 1. The molecule has 0 saturated carbocycles. The van der Waals surface area contributed by atoms with Gasteiger partial charge in [-0.15, -0.1) is 0 Å². The molecule has 0 bridgehead atoms. The van der Waals surface area contributed by atoms with E-state index in [2.05, 4.69) is 14.8 Å². The Bertz CT molecular complexity index is 686. The van der Waals surface area contributed by atoms with Gasteiger partial charge in [0.2, 0.25) is 0 Å². The molecule has 3 heterocycles. The van der Waals surface area contributed by atoms with Gasteiger partial charge in [0.15, 0.2) is 5.17 Å². The van der Waals surface area contributed by atoms with Crippen molar-refractivity contribution < 1.29 is 9.18 Å². The molecule has 2 fully saturated rings. The normalized spacial score (nSPS) is 26.7. The molecule has 1 aromatic rings. The van der Waals surface area contributed by atoms with Crippen LogP contribution in [0.25, 0.3) is 6.08 Å². The maximum Gasteiger partial charge on any atom is 0.286 e. The second-order valence-corrected chi connectivity index (χ2v) is 7.15. The fourth-order valence-corrected chi connectivity index (χ4v) is 4.36. The Morgan fingerprint density at radius 1 is 1.22 bits per heavy atom. The number of halogens is 1. The van der Waals surface area contributed by atoms with E-state index < -0.39 is 0 Å². The van der Waals surface area contributed by atoms with Crippen molar-refractivity contribution in [3.63, 3.8) is 0 Å². The summed E-state index contributed by atoms with van der Waals surface area (Å²) >= 11 is 1.43. The Hall–Kier alpha value is -1.66. The lowest BCUT2D eigenvalue weighted by Gasteiger charge is -2.38. The maximum absolute atomic E-state index is 13.0. The molecule has 2 saturated heterocycles. The fraction of sp³-hybridized carbons (Fsp3) is 0.412. The van der Waals surface area contributed by atoms with Crippen LogP contribution in [-0.2, 0) is 4.79 Å². The van der Waals surface area contributed by atoms with Crippen LogP contribution < -0.4 is 0 Å². The number of aliphatic imine (C=N–C) groups is 1. The number of amides is 1. The van der Waals surface area contributed by atoms with Crippen molar-refractivity contribution in [2.24, 2.45) is 4.99 Å². The van der Waals surface area contributed by atoms with E-state index in [9.17, 15) is 9.18 Å². The first kappa shape index (κ1) is 14.9. The van der Waals surface area contributed by atoms with Crippen LogP contribution in [0.4, 0.5) is 4.39 Å². The molecule has 0 spiro atoms. The molecule has 1 atom stereocenters. The molecule has 23 heavy (non-hydrogen) atoms. The molecule has 6 heteroatoms. The van der Waals surface area contributed by atoms with Gasteiger partial charge in [0.25, 0.3) is 5.91 Å². The zero-order chi connectivity index (χ0) is 15.8. The van der Waals surface area contributed by atoms with Gasteiger partial charge in [0, 0.05) is 25.7 Å². The number of piperazine rings is 1. The zero-order valence-electron chi connectivity index (χ0n) is 12.7. The highest BCUT2D eigenvalue weighted by Crippen LogP contribution is 2.32. The third-order valence-electron chi connectivity index (χ3n) is 4.63. The number of amidine groups is 1. The van der Waals surface area contributed by atoms with Gasteiger partial charge in [0.1, 0.15) is 5.82 Å². The van der Waals surface area contributed by atoms with E-state index in [1.807, 2.05) is 0 Å². The lowest BCUT2D eigenvalue weighted by molar-refractivity contribution is -0.113. The summed E-state index contributed by atoms with van der Waals surface area (Å²) in [4.78, 5) is 21.7. The summed E-state index contributed by atoms with van der Waals surface area (Å²) in [5.41, 5.74) is 0.819. The Kier molecular flexibility index (Phi) is 3.95. The summed E-state index contributed by atoms with van der Waals surface area (Å²) in [5, 5.41) is 0.815. The van der Waals surface area contributed by atoms with Crippen molar-refractivity contribution in [3.05, 3.63) is 40.6 Å². The number of hydrogen-bond acceptors (Lipinski definition) is 4. The molecule has 1 aromatic carbocycles. The third-order valence-corrected chi connectivity index (χ3v) is 5.68. The monoisotopic (exact) mass is 331 g/mol. The van der Waals surface area contributed by atoms with Crippen LogP contribution in [-0.4, -0.2) is 53.1 Å². The topological polar surface area (TPSA) is 35.9 Å². The molecule has 1 amide bonds. The number of thioether (sulfide) groups is 1. The average Bonchev–Trinajstić information content (AvgIpc) is 3.16. The SMILES string of the molecule is O=C1N=C(N2CCN3CCC[C@@H]3C2)S/C1=C\c1ccc(F)cc1. The first-order chi connectivity index (χ1) is 11.2. The van der Waals surface area contributed by atoms with E-state index in [0.29, 0.717) is 10.9 Å². The highest BCUT2D eigenvalue weighted by atomic mass is 32.2. The highest BCUT2D eigenvalue weighted by Gasteiger charge is 2.34. The van der Waals surface area contributed by atoms with Crippen LogP contribution >= 0.6 is 11.8 Å². The van der Waals surface area contributed by atoms with Crippen LogP contribution in [0.5, 0.6) is 0 Å². The van der Waals surface area contributed by atoms with Gasteiger partial charge in [-0.1, -0.05) is 12.1 Å². The number of hydrogen-bond donors (Lipinski definition) is 0. The van der Waals surface area contributed by atoms with Crippen LogP contribution in [0.1, 0.15) is 18.4 Å². The standard InChI is InChI=1S/C17H18FN3OS/c18-13-5-3-12(4-6-13)10-15-16(22)19-17(23-15)21-9-8-20-7-1-2-14(20)11-21/h3-6,10,14H,1-2,7-9,11H2/b15-10-/t14-/m1/s1. The van der Waals surface area contributed by atoms with Crippen LogP contribution in [0, 0.1) is 5.82 Å². The number of benzene rings is 1. The predicted molar refractivity (Wildman–Crippen MR) is 90.6 cm³/mol. The summed E-state index contributed by atoms with van der Waals surface area (Å²) < 4.78 is 13.0. The number of carbonyl (C=O) groups is 1. The number of fused-ring (bicyclic) bond motifs is 1. The molecule has 0 radical (unpaired) electrons. The molecule has 0 N–H and O–H groups in total. The van der Waals surface area contributed by atoms with E-state index in [4.69, 9.17) is 0 Å². The smallest absolute Gasteiger partial charge is 0.286 e. The van der Waals surface area contributed by atoms with E-state index >= 15 is 0 Å². The first-order valence-electron chi connectivity index (χ1n) is 7.96. The predicted octanol–water partition coefficient (Wildman–Crippen LogP) is 2.58. The summed E-state index contributed by atoms with van der Waals surface area (Å²) in [6.07, 6.45) is 4.29. The molecule has 0 aromatic heterocycles. The minimum atomic E-state index is -0.274. The van der Waals surface area contributed by atoms with Gasteiger partial charge in [-0.3, -0.25) is 9.69 Å².